The predicted molar refractivity (Wildman–Crippen MR) is 88.1 cm³/mol. The second-order valence-corrected chi connectivity index (χ2v) is 5.36. The van der Waals surface area contributed by atoms with Crippen molar-refractivity contribution >= 4 is 22.6 Å². The Balaban J connectivity index is 2.03. The van der Waals surface area contributed by atoms with Gasteiger partial charge in [0.1, 0.15) is 5.65 Å². The van der Waals surface area contributed by atoms with Gasteiger partial charge in [0.25, 0.3) is 11.5 Å². The van der Waals surface area contributed by atoms with Crippen LogP contribution in [-0.2, 0) is 13.6 Å². The molecule has 0 radical (unpaired) electrons. The minimum absolute atomic E-state index is 0.196. The molecular formula is C15H16N6O3. The Kier molecular flexibility index (Phi) is 3.98. The smallest absolute Gasteiger partial charge is 0.319 e. The fraction of sp³-hybridized carbons (Fsp3) is 0.267. The topological polar surface area (TPSA) is 115 Å². The van der Waals surface area contributed by atoms with E-state index in [1.807, 2.05) is 6.92 Å². The van der Waals surface area contributed by atoms with Gasteiger partial charge in [-0.3, -0.25) is 23.8 Å². The molecular weight excluding hydrogens is 312 g/mol. The van der Waals surface area contributed by atoms with Crippen molar-refractivity contribution < 1.29 is 4.79 Å². The molecule has 0 atom stereocenters. The highest BCUT2D eigenvalue weighted by Crippen LogP contribution is 2.11. The fourth-order valence-electron chi connectivity index (χ4n) is 2.41. The van der Waals surface area contributed by atoms with Gasteiger partial charge in [-0.2, -0.15) is 5.10 Å². The summed E-state index contributed by atoms with van der Waals surface area (Å²) >= 11 is 0. The van der Waals surface area contributed by atoms with Crippen molar-refractivity contribution in [2.24, 2.45) is 7.05 Å². The quantitative estimate of drug-likeness (QED) is 0.723. The number of aromatic amines is 1. The van der Waals surface area contributed by atoms with Crippen molar-refractivity contribution in [3.05, 3.63) is 51.1 Å². The molecule has 3 heterocycles. The number of aromatic nitrogens is 5. The summed E-state index contributed by atoms with van der Waals surface area (Å²) in [5.41, 5.74) is -0.0465. The van der Waals surface area contributed by atoms with Crippen LogP contribution in [0.3, 0.4) is 0 Å². The highest BCUT2D eigenvalue weighted by molar-refractivity contribution is 6.05. The summed E-state index contributed by atoms with van der Waals surface area (Å²) in [6, 6.07) is 1.43. The number of rotatable bonds is 4. The third-order valence-corrected chi connectivity index (χ3v) is 3.50. The van der Waals surface area contributed by atoms with Crippen LogP contribution >= 0.6 is 0 Å². The van der Waals surface area contributed by atoms with E-state index in [1.165, 1.54) is 23.0 Å². The lowest BCUT2D eigenvalue weighted by Gasteiger charge is -2.08. The summed E-state index contributed by atoms with van der Waals surface area (Å²) in [5.74, 6) is -0.412. The first-order chi connectivity index (χ1) is 11.5. The Labute approximate surface area is 136 Å². The average Bonchev–Trinajstić information content (AvgIpc) is 2.96. The predicted octanol–water partition coefficient (Wildman–Crippen LogP) is 0.481. The molecule has 124 valence electrons. The van der Waals surface area contributed by atoms with E-state index in [4.69, 9.17) is 0 Å². The van der Waals surface area contributed by atoms with Gasteiger partial charge in [0.15, 0.2) is 0 Å². The van der Waals surface area contributed by atoms with E-state index >= 15 is 0 Å². The van der Waals surface area contributed by atoms with Crippen LogP contribution in [0.4, 0.5) is 5.69 Å². The number of carbonyl (C=O) groups excluding carboxylic acids is 1. The summed E-state index contributed by atoms with van der Waals surface area (Å²) < 4.78 is 2.95. The number of hydrogen-bond donors (Lipinski definition) is 2. The molecule has 3 rings (SSSR count). The molecule has 0 aliphatic rings. The molecule has 0 spiro atoms. The van der Waals surface area contributed by atoms with E-state index < -0.39 is 17.2 Å². The summed E-state index contributed by atoms with van der Waals surface area (Å²) in [5, 5.41) is 6.83. The number of aryl methyl sites for hydroxylation is 2. The minimum Gasteiger partial charge on any atom is -0.319 e. The maximum absolute atomic E-state index is 12.3. The molecule has 9 nitrogen and oxygen atoms in total. The second kappa shape index (κ2) is 6.11. The molecule has 9 heteroatoms. The van der Waals surface area contributed by atoms with Crippen LogP contribution in [0.15, 0.2) is 34.2 Å². The third kappa shape index (κ3) is 2.83. The lowest BCUT2D eigenvalue weighted by Crippen LogP contribution is -2.31. The Morgan fingerprint density at radius 2 is 2.12 bits per heavy atom. The number of carbonyl (C=O) groups is 1. The van der Waals surface area contributed by atoms with Gasteiger partial charge in [-0.05, 0) is 12.5 Å². The second-order valence-electron chi connectivity index (χ2n) is 5.36. The van der Waals surface area contributed by atoms with Gasteiger partial charge in [0.05, 0.1) is 22.8 Å². The Morgan fingerprint density at radius 3 is 2.79 bits per heavy atom. The molecule has 3 aromatic rings. The van der Waals surface area contributed by atoms with Crippen LogP contribution in [-0.4, -0.2) is 30.2 Å². The average molecular weight is 328 g/mol. The van der Waals surface area contributed by atoms with Gasteiger partial charge < -0.3 is 5.32 Å². The number of nitrogens with zero attached hydrogens (tertiary/aromatic N) is 4. The number of hydrogen-bond acceptors (Lipinski definition) is 5. The van der Waals surface area contributed by atoms with E-state index in [0.29, 0.717) is 18.7 Å². The van der Waals surface area contributed by atoms with E-state index in [2.05, 4.69) is 20.4 Å². The van der Waals surface area contributed by atoms with Gasteiger partial charge >= 0.3 is 5.69 Å². The number of amides is 1. The lowest BCUT2D eigenvalue weighted by molar-refractivity contribution is 0.102. The Bertz CT molecular complexity index is 1030. The number of anilines is 1. The molecule has 0 aliphatic carbocycles. The largest absolute Gasteiger partial charge is 0.329 e. The highest BCUT2D eigenvalue weighted by atomic mass is 16.2. The van der Waals surface area contributed by atoms with Crippen molar-refractivity contribution in [2.75, 3.05) is 5.32 Å². The summed E-state index contributed by atoms with van der Waals surface area (Å²) in [7, 11) is 1.74. The zero-order chi connectivity index (χ0) is 17.3. The van der Waals surface area contributed by atoms with Gasteiger partial charge in [0, 0.05) is 26.0 Å². The number of H-pyrrole nitrogens is 1. The number of fused-ring (bicyclic) bond motifs is 1. The van der Waals surface area contributed by atoms with Crippen LogP contribution < -0.4 is 16.6 Å². The zero-order valence-corrected chi connectivity index (χ0v) is 13.2. The van der Waals surface area contributed by atoms with Crippen LogP contribution in [0, 0.1) is 0 Å². The normalized spacial score (nSPS) is 10.9. The molecule has 24 heavy (non-hydrogen) atoms. The van der Waals surface area contributed by atoms with Crippen molar-refractivity contribution in [1.82, 2.24) is 24.3 Å². The van der Waals surface area contributed by atoms with E-state index in [1.54, 1.807) is 17.9 Å². The maximum Gasteiger partial charge on any atom is 0.329 e. The molecule has 1 amide bonds. The fourth-order valence-corrected chi connectivity index (χ4v) is 2.41. The van der Waals surface area contributed by atoms with E-state index in [-0.39, 0.29) is 16.6 Å². The van der Waals surface area contributed by atoms with Crippen molar-refractivity contribution in [3.63, 3.8) is 0 Å². The minimum atomic E-state index is -0.564. The molecule has 0 saturated heterocycles. The lowest BCUT2D eigenvalue weighted by atomic mass is 10.2. The van der Waals surface area contributed by atoms with E-state index in [0.717, 1.165) is 0 Å². The van der Waals surface area contributed by atoms with Crippen molar-refractivity contribution in [1.29, 1.82) is 0 Å². The van der Waals surface area contributed by atoms with E-state index in [9.17, 15) is 14.4 Å². The van der Waals surface area contributed by atoms with Crippen molar-refractivity contribution in [2.45, 2.75) is 19.9 Å². The maximum atomic E-state index is 12.3. The molecule has 2 N–H and O–H groups in total. The van der Waals surface area contributed by atoms with Crippen molar-refractivity contribution in [3.8, 4) is 0 Å². The van der Waals surface area contributed by atoms with Crippen LogP contribution in [0.5, 0.6) is 0 Å². The molecule has 0 unspecified atom stereocenters. The van der Waals surface area contributed by atoms with Gasteiger partial charge in [0.2, 0.25) is 0 Å². The van der Waals surface area contributed by atoms with Crippen LogP contribution in [0.2, 0.25) is 0 Å². The monoisotopic (exact) mass is 328 g/mol. The SMILES string of the molecule is CCCn1c(=O)[nH]c(=O)c2cc(C(=O)Nc3cnn(C)c3)cnc21. The van der Waals surface area contributed by atoms with Gasteiger partial charge in [-0.1, -0.05) is 6.92 Å². The Morgan fingerprint density at radius 1 is 1.33 bits per heavy atom. The molecule has 0 saturated carbocycles. The highest BCUT2D eigenvalue weighted by Gasteiger charge is 2.13. The van der Waals surface area contributed by atoms with Gasteiger partial charge in [-0.15, -0.1) is 0 Å². The standard InChI is InChI=1S/C15H16N6O3/c1-3-4-21-12-11(14(23)19-15(21)24)5-9(6-16-12)13(22)18-10-7-17-20(2)8-10/h5-8H,3-4H2,1-2H3,(H,18,22)(H,19,23,24). The first-order valence-corrected chi connectivity index (χ1v) is 7.42. The van der Waals surface area contributed by atoms with Gasteiger partial charge in [-0.25, -0.2) is 9.78 Å². The third-order valence-electron chi connectivity index (χ3n) is 3.50. The number of nitrogens with one attached hydrogen (secondary N) is 2. The van der Waals surface area contributed by atoms with Crippen LogP contribution in [0.1, 0.15) is 23.7 Å². The Hall–Kier alpha value is -3.23. The summed E-state index contributed by atoms with van der Waals surface area (Å²) in [4.78, 5) is 42.6. The molecule has 0 aliphatic heterocycles. The molecule has 3 aromatic heterocycles. The summed E-state index contributed by atoms with van der Waals surface area (Å²) in [6.07, 6.45) is 5.22. The zero-order valence-electron chi connectivity index (χ0n) is 13.2. The summed E-state index contributed by atoms with van der Waals surface area (Å²) in [6.45, 7) is 2.35. The first-order valence-electron chi connectivity index (χ1n) is 7.42. The number of pyridine rings is 1. The van der Waals surface area contributed by atoms with Crippen LogP contribution in [0.25, 0.3) is 11.0 Å². The molecule has 0 aromatic carbocycles. The molecule has 0 bridgehead atoms. The first kappa shape index (κ1) is 15.7. The molecule has 0 fully saturated rings.